The molecule has 0 atom stereocenters. The quantitative estimate of drug-likeness (QED) is 0.817. The van der Waals surface area contributed by atoms with E-state index in [1.807, 2.05) is 0 Å². The molecule has 18 heavy (non-hydrogen) atoms. The normalized spacial score (nSPS) is 11.6. The molecule has 0 aromatic carbocycles. The van der Waals surface area contributed by atoms with Gasteiger partial charge in [-0.2, -0.15) is 0 Å². The molecule has 0 bridgehead atoms. The summed E-state index contributed by atoms with van der Waals surface area (Å²) < 4.78 is 1.34. The van der Waals surface area contributed by atoms with Crippen molar-refractivity contribution in [2.75, 3.05) is 0 Å². The Morgan fingerprint density at radius 3 is 2.56 bits per heavy atom. The molecule has 0 saturated carbocycles. The zero-order valence-corrected chi connectivity index (χ0v) is 11.4. The average Bonchev–Trinajstić information content (AvgIpc) is 2.77. The van der Waals surface area contributed by atoms with Crippen molar-refractivity contribution in [3.05, 3.63) is 20.8 Å². The van der Waals surface area contributed by atoms with Gasteiger partial charge < -0.3 is 4.98 Å². The minimum absolute atomic E-state index is 0.352. The van der Waals surface area contributed by atoms with Crippen LogP contribution in [0.4, 0.5) is 0 Å². The molecule has 0 fully saturated rings. The Bertz CT molecular complexity index is 666. The standard InChI is InChI=1S/C11H16N4O2S/c1-4-6(5-2)18-10-12-7-8(13-10)15(3)11(17)14-9(7)16/h6H,4-5H2,1-3H3,(H,12,13)(H,14,16,17). The zero-order chi connectivity index (χ0) is 13.3. The molecule has 2 rings (SSSR count). The molecule has 0 saturated heterocycles. The van der Waals surface area contributed by atoms with Crippen molar-refractivity contribution in [1.29, 1.82) is 0 Å². The highest BCUT2D eigenvalue weighted by Crippen LogP contribution is 2.25. The van der Waals surface area contributed by atoms with E-state index in [9.17, 15) is 9.59 Å². The first-order chi connectivity index (χ1) is 8.56. The van der Waals surface area contributed by atoms with Crippen LogP contribution in [0.2, 0.25) is 0 Å². The molecule has 98 valence electrons. The predicted molar refractivity (Wildman–Crippen MR) is 72.2 cm³/mol. The highest BCUT2D eigenvalue weighted by atomic mass is 32.2. The van der Waals surface area contributed by atoms with Crippen molar-refractivity contribution in [2.24, 2.45) is 7.05 Å². The van der Waals surface area contributed by atoms with Crippen molar-refractivity contribution in [1.82, 2.24) is 19.5 Å². The minimum Gasteiger partial charge on any atom is -0.327 e. The van der Waals surface area contributed by atoms with Crippen molar-refractivity contribution < 1.29 is 0 Å². The van der Waals surface area contributed by atoms with Gasteiger partial charge in [-0.05, 0) is 12.8 Å². The number of aryl methyl sites for hydroxylation is 1. The highest BCUT2D eigenvalue weighted by molar-refractivity contribution is 7.99. The third-order valence-corrected chi connectivity index (χ3v) is 4.34. The molecule has 0 aliphatic carbocycles. The van der Waals surface area contributed by atoms with Gasteiger partial charge in [0, 0.05) is 12.3 Å². The Labute approximate surface area is 108 Å². The Morgan fingerprint density at radius 1 is 1.28 bits per heavy atom. The maximum Gasteiger partial charge on any atom is 0.329 e. The van der Waals surface area contributed by atoms with Gasteiger partial charge in [0.2, 0.25) is 0 Å². The first-order valence-electron chi connectivity index (χ1n) is 5.92. The number of imidazole rings is 1. The van der Waals surface area contributed by atoms with Gasteiger partial charge in [-0.3, -0.25) is 14.3 Å². The molecule has 7 heteroatoms. The molecular formula is C11H16N4O2S. The van der Waals surface area contributed by atoms with E-state index in [0.29, 0.717) is 21.6 Å². The van der Waals surface area contributed by atoms with Crippen LogP contribution in [0, 0.1) is 0 Å². The van der Waals surface area contributed by atoms with E-state index in [2.05, 4.69) is 28.8 Å². The maximum atomic E-state index is 11.6. The van der Waals surface area contributed by atoms with Gasteiger partial charge in [-0.1, -0.05) is 25.6 Å². The topological polar surface area (TPSA) is 83.5 Å². The number of thioether (sulfide) groups is 1. The van der Waals surface area contributed by atoms with Gasteiger partial charge in [0.05, 0.1) is 0 Å². The molecule has 0 aliphatic heterocycles. The number of hydrogen-bond donors (Lipinski definition) is 2. The second-order valence-electron chi connectivity index (χ2n) is 4.12. The molecule has 6 nitrogen and oxygen atoms in total. The van der Waals surface area contributed by atoms with Crippen LogP contribution in [0.1, 0.15) is 26.7 Å². The van der Waals surface area contributed by atoms with Crippen LogP contribution in [0.15, 0.2) is 14.7 Å². The van der Waals surface area contributed by atoms with Crippen LogP contribution < -0.4 is 11.2 Å². The van der Waals surface area contributed by atoms with Gasteiger partial charge in [0.25, 0.3) is 5.56 Å². The van der Waals surface area contributed by atoms with Gasteiger partial charge in [0.15, 0.2) is 16.3 Å². The minimum atomic E-state index is -0.446. The van der Waals surface area contributed by atoms with Crippen molar-refractivity contribution in [3.63, 3.8) is 0 Å². The van der Waals surface area contributed by atoms with Gasteiger partial charge in [-0.25, -0.2) is 9.78 Å². The lowest BCUT2D eigenvalue weighted by Gasteiger charge is -2.08. The molecule has 0 aliphatic rings. The number of nitrogens with zero attached hydrogens (tertiary/aromatic N) is 2. The number of aromatic amines is 2. The molecule has 0 radical (unpaired) electrons. The second-order valence-corrected chi connectivity index (χ2v) is 5.40. The van der Waals surface area contributed by atoms with Gasteiger partial charge >= 0.3 is 5.69 Å². The molecular weight excluding hydrogens is 252 g/mol. The number of fused-ring (bicyclic) bond motifs is 1. The fraction of sp³-hybridized carbons (Fsp3) is 0.545. The summed E-state index contributed by atoms with van der Waals surface area (Å²) in [6.07, 6.45) is 2.07. The van der Waals surface area contributed by atoms with Crippen LogP contribution in [0.5, 0.6) is 0 Å². The van der Waals surface area contributed by atoms with E-state index in [-0.39, 0.29) is 0 Å². The summed E-state index contributed by atoms with van der Waals surface area (Å²) in [5, 5.41) is 1.15. The largest absolute Gasteiger partial charge is 0.329 e. The lowest BCUT2D eigenvalue weighted by molar-refractivity contribution is 0.787. The first-order valence-corrected chi connectivity index (χ1v) is 6.80. The van der Waals surface area contributed by atoms with Crippen LogP contribution in [0.3, 0.4) is 0 Å². The maximum absolute atomic E-state index is 11.6. The molecule has 0 spiro atoms. The van der Waals surface area contributed by atoms with Gasteiger partial charge in [-0.15, -0.1) is 0 Å². The SMILES string of the molecule is CCC(CC)Sc1nc2c([nH]1)c(=O)[nH]c(=O)n2C. The Balaban J connectivity index is 2.51. The highest BCUT2D eigenvalue weighted by Gasteiger charge is 2.13. The molecule has 0 amide bonds. The number of nitrogens with one attached hydrogen (secondary N) is 2. The van der Waals surface area contributed by atoms with Crippen LogP contribution in [0.25, 0.3) is 11.2 Å². The monoisotopic (exact) mass is 268 g/mol. The summed E-state index contributed by atoms with van der Waals surface area (Å²) in [7, 11) is 1.59. The van der Waals surface area contributed by atoms with E-state index in [1.165, 1.54) is 4.57 Å². The summed E-state index contributed by atoms with van der Waals surface area (Å²) in [6.45, 7) is 4.23. The first kappa shape index (κ1) is 12.9. The number of rotatable bonds is 4. The number of aromatic nitrogens is 4. The van der Waals surface area contributed by atoms with E-state index in [0.717, 1.165) is 12.8 Å². The van der Waals surface area contributed by atoms with Crippen molar-refractivity contribution in [3.8, 4) is 0 Å². The van der Waals surface area contributed by atoms with Crippen LogP contribution in [-0.4, -0.2) is 24.8 Å². The molecule has 0 unspecified atom stereocenters. The molecule has 2 aromatic rings. The Morgan fingerprint density at radius 2 is 1.94 bits per heavy atom. The fourth-order valence-electron chi connectivity index (χ4n) is 1.75. The zero-order valence-electron chi connectivity index (χ0n) is 10.6. The van der Waals surface area contributed by atoms with Crippen LogP contribution in [-0.2, 0) is 7.05 Å². The lowest BCUT2D eigenvalue weighted by Crippen LogP contribution is -2.28. The average molecular weight is 268 g/mol. The summed E-state index contributed by atoms with van der Waals surface area (Å²) in [6, 6.07) is 0. The molecule has 2 aromatic heterocycles. The smallest absolute Gasteiger partial charge is 0.327 e. The van der Waals surface area contributed by atoms with Gasteiger partial charge in [0.1, 0.15) is 0 Å². The third-order valence-electron chi connectivity index (χ3n) is 2.92. The molecule has 2 heterocycles. The third kappa shape index (κ3) is 2.22. The second kappa shape index (κ2) is 5.01. The summed E-state index contributed by atoms with van der Waals surface area (Å²) in [5.74, 6) is 0. The summed E-state index contributed by atoms with van der Waals surface area (Å²) in [5.41, 5.74) is -0.113. The van der Waals surface area contributed by atoms with E-state index >= 15 is 0 Å². The number of H-pyrrole nitrogens is 2. The number of hydrogen-bond acceptors (Lipinski definition) is 4. The van der Waals surface area contributed by atoms with E-state index in [1.54, 1.807) is 18.8 Å². The van der Waals surface area contributed by atoms with Crippen LogP contribution >= 0.6 is 11.8 Å². The lowest BCUT2D eigenvalue weighted by atomic mass is 10.3. The predicted octanol–water partition coefficient (Wildman–Crippen LogP) is 1.23. The fourth-order valence-corrected chi connectivity index (χ4v) is 2.70. The van der Waals surface area contributed by atoms with Crippen molar-refractivity contribution in [2.45, 2.75) is 37.1 Å². The Kier molecular flexibility index (Phi) is 3.60. The summed E-state index contributed by atoms with van der Waals surface area (Å²) >= 11 is 1.60. The van der Waals surface area contributed by atoms with E-state index < -0.39 is 11.2 Å². The molecule has 2 N–H and O–H groups in total. The van der Waals surface area contributed by atoms with Crippen molar-refractivity contribution >= 4 is 22.9 Å². The Hall–Kier alpha value is -1.50. The summed E-state index contributed by atoms with van der Waals surface area (Å²) in [4.78, 5) is 32.6. The van der Waals surface area contributed by atoms with E-state index in [4.69, 9.17) is 0 Å².